The van der Waals surface area contributed by atoms with Gasteiger partial charge < -0.3 is 23.9 Å². The van der Waals surface area contributed by atoms with Crippen molar-refractivity contribution in [1.29, 1.82) is 0 Å². The van der Waals surface area contributed by atoms with Gasteiger partial charge in [0.05, 0.1) is 21.3 Å². The van der Waals surface area contributed by atoms with E-state index in [0.717, 1.165) is 23.1 Å². The van der Waals surface area contributed by atoms with Crippen molar-refractivity contribution in [1.82, 2.24) is 10.3 Å². The predicted molar refractivity (Wildman–Crippen MR) is 148 cm³/mol. The highest BCUT2D eigenvalue weighted by molar-refractivity contribution is 7.80. The Hall–Kier alpha value is -4.11. The van der Waals surface area contributed by atoms with Gasteiger partial charge >= 0.3 is 0 Å². The van der Waals surface area contributed by atoms with E-state index in [1.807, 2.05) is 30.3 Å². The number of fused-ring (bicyclic) bond motifs is 1. The normalized spacial score (nSPS) is 11.6. The van der Waals surface area contributed by atoms with E-state index >= 15 is 0 Å². The molecular weight excluding hydrogens is 490 g/mol. The number of carbonyl (C=O) groups excluding carboxylic acids is 1. The lowest BCUT2D eigenvalue weighted by molar-refractivity contribution is 0.0977. The summed E-state index contributed by atoms with van der Waals surface area (Å²) in [6, 6.07) is 16.7. The van der Waals surface area contributed by atoms with Gasteiger partial charge in [0.15, 0.2) is 22.2 Å². The average Bonchev–Trinajstić information content (AvgIpc) is 3.35. The number of ether oxygens (including phenoxy) is 3. The molecule has 0 radical (unpaired) electrons. The van der Waals surface area contributed by atoms with Crippen molar-refractivity contribution in [2.75, 3.05) is 26.6 Å². The highest BCUT2D eigenvalue weighted by Crippen LogP contribution is 2.38. The molecule has 4 rings (SSSR count). The molecule has 0 fully saturated rings. The summed E-state index contributed by atoms with van der Waals surface area (Å²) in [4.78, 5) is 17.4. The number of rotatable bonds is 8. The summed E-state index contributed by atoms with van der Waals surface area (Å²) >= 11 is 5.34. The van der Waals surface area contributed by atoms with E-state index in [4.69, 9.17) is 30.8 Å². The molecule has 2 N–H and O–H groups in total. The van der Waals surface area contributed by atoms with Crippen LogP contribution in [0.4, 0.5) is 5.69 Å². The number of nitrogens with zero attached hydrogens (tertiary/aromatic N) is 1. The van der Waals surface area contributed by atoms with E-state index in [0.29, 0.717) is 40.3 Å². The Morgan fingerprint density at radius 2 is 1.68 bits per heavy atom. The van der Waals surface area contributed by atoms with Gasteiger partial charge in [0.25, 0.3) is 5.91 Å². The molecule has 1 aromatic heterocycles. The van der Waals surface area contributed by atoms with Gasteiger partial charge in [0, 0.05) is 16.8 Å². The first-order valence-electron chi connectivity index (χ1n) is 11.8. The maximum atomic E-state index is 12.8. The average molecular weight is 520 g/mol. The van der Waals surface area contributed by atoms with Crippen LogP contribution >= 0.6 is 12.2 Å². The van der Waals surface area contributed by atoms with Gasteiger partial charge in [-0.25, -0.2) is 4.98 Å². The van der Waals surface area contributed by atoms with Crippen molar-refractivity contribution in [3.8, 4) is 28.7 Å². The topological polar surface area (TPSA) is 94.9 Å². The molecule has 0 spiro atoms. The third-order valence-corrected chi connectivity index (χ3v) is 6.34. The van der Waals surface area contributed by atoms with Crippen molar-refractivity contribution >= 4 is 40.0 Å². The fourth-order valence-electron chi connectivity index (χ4n) is 3.86. The highest BCUT2D eigenvalue weighted by atomic mass is 32.1. The van der Waals surface area contributed by atoms with Crippen molar-refractivity contribution < 1.29 is 23.4 Å². The fraction of sp³-hybridized carbons (Fsp3) is 0.250. The van der Waals surface area contributed by atoms with Gasteiger partial charge in [-0.05, 0) is 78.7 Å². The lowest BCUT2D eigenvalue weighted by atomic mass is 9.98. The minimum atomic E-state index is -0.420. The van der Waals surface area contributed by atoms with Crippen LogP contribution in [0.1, 0.15) is 42.1 Å². The zero-order chi connectivity index (χ0) is 26.5. The number of aromatic nitrogens is 1. The molecule has 192 valence electrons. The van der Waals surface area contributed by atoms with Crippen molar-refractivity contribution in [3.63, 3.8) is 0 Å². The van der Waals surface area contributed by atoms with E-state index < -0.39 is 5.91 Å². The molecule has 3 aromatic carbocycles. The quantitative estimate of drug-likeness (QED) is 0.267. The number of oxazole rings is 1. The molecule has 9 heteroatoms. The Kier molecular flexibility index (Phi) is 7.93. The fourth-order valence-corrected chi connectivity index (χ4v) is 4.07. The highest BCUT2D eigenvalue weighted by Gasteiger charge is 2.18. The van der Waals surface area contributed by atoms with Crippen molar-refractivity contribution in [2.24, 2.45) is 0 Å². The van der Waals surface area contributed by atoms with E-state index in [1.54, 1.807) is 12.1 Å². The van der Waals surface area contributed by atoms with Gasteiger partial charge in [-0.1, -0.05) is 19.9 Å². The number of anilines is 1. The Morgan fingerprint density at radius 3 is 2.27 bits per heavy atom. The van der Waals surface area contributed by atoms with E-state index in [2.05, 4.69) is 41.6 Å². The molecule has 0 unspecified atom stereocenters. The zero-order valence-electron chi connectivity index (χ0n) is 21.4. The Bertz CT molecular complexity index is 1410. The third-order valence-electron chi connectivity index (χ3n) is 6.14. The van der Waals surface area contributed by atoms with Crippen LogP contribution in [0, 0.1) is 0 Å². The predicted octanol–water partition coefficient (Wildman–Crippen LogP) is 6.16. The minimum absolute atomic E-state index is 0.144. The van der Waals surface area contributed by atoms with Crippen molar-refractivity contribution in [2.45, 2.75) is 26.2 Å². The second kappa shape index (κ2) is 11.3. The zero-order valence-corrected chi connectivity index (χ0v) is 22.2. The Labute approximate surface area is 220 Å². The molecule has 0 aliphatic carbocycles. The molecular formula is C28H29N3O5S. The Balaban J connectivity index is 1.44. The third kappa shape index (κ3) is 5.67. The molecule has 0 saturated heterocycles. The summed E-state index contributed by atoms with van der Waals surface area (Å²) in [6.07, 6.45) is 1.06. The van der Waals surface area contributed by atoms with E-state index in [-0.39, 0.29) is 5.11 Å². The number of amides is 1. The largest absolute Gasteiger partial charge is 0.493 e. The second-order valence-corrected chi connectivity index (χ2v) is 8.86. The first-order chi connectivity index (χ1) is 17.9. The molecule has 1 amide bonds. The summed E-state index contributed by atoms with van der Waals surface area (Å²) in [5.74, 6) is 1.73. The lowest BCUT2D eigenvalue weighted by Gasteiger charge is -2.14. The minimum Gasteiger partial charge on any atom is -0.493 e. The van der Waals surface area contributed by atoms with Gasteiger partial charge in [-0.3, -0.25) is 10.1 Å². The monoisotopic (exact) mass is 519 g/mol. The molecule has 4 aromatic rings. The number of carbonyl (C=O) groups is 1. The second-order valence-electron chi connectivity index (χ2n) is 8.46. The summed E-state index contributed by atoms with van der Waals surface area (Å²) in [7, 11) is 4.47. The summed E-state index contributed by atoms with van der Waals surface area (Å²) in [5, 5.41) is 5.83. The summed E-state index contributed by atoms with van der Waals surface area (Å²) in [5.41, 5.74) is 4.68. The molecule has 1 heterocycles. The standard InChI is InChI=1S/C28H29N3O5S/c1-6-16(2)18-9-12-22-21(13-18)30-27(36-22)17-7-10-20(11-8-17)29-28(37)31-26(32)19-14-23(33-3)25(35-5)24(15-19)34-4/h7-16H,6H2,1-5H3,(H2,29,31,32,37)/t16-/m0/s1. The summed E-state index contributed by atoms with van der Waals surface area (Å²) in [6.45, 7) is 4.37. The van der Waals surface area contributed by atoms with Gasteiger partial charge in [0.2, 0.25) is 11.6 Å². The number of benzene rings is 3. The number of hydrogen-bond acceptors (Lipinski definition) is 7. The van der Waals surface area contributed by atoms with Gasteiger partial charge in [-0.15, -0.1) is 0 Å². The Morgan fingerprint density at radius 1 is 1.00 bits per heavy atom. The van der Waals surface area contributed by atoms with Crippen LogP contribution in [-0.4, -0.2) is 37.3 Å². The van der Waals surface area contributed by atoms with Crippen LogP contribution in [0.25, 0.3) is 22.6 Å². The molecule has 8 nitrogen and oxygen atoms in total. The number of hydrogen-bond donors (Lipinski definition) is 2. The summed E-state index contributed by atoms with van der Waals surface area (Å²) < 4.78 is 21.9. The maximum Gasteiger partial charge on any atom is 0.257 e. The smallest absolute Gasteiger partial charge is 0.257 e. The molecule has 0 aliphatic heterocycles. The number of methoxy groups -OCH3 is 3. The lowest BCUT2D eigenvalue weighted by Crippen LogP contribution is -2.34. The van der Waals surface area contributed by atoms with Crippen LogP contribution in [0.15, 0.2) is 59.0 Å². The van der Waals surface area contributed by atoms with Crippen LogP contribution < -0.4 is 24.8 Å². The van der Waals surface area contributed by atoms with Gasteiger partial charge in [0.1, 0.15) is 5.52 Å². The maximum absolute atomic E-state index is 12.8. The van der Waals surface area contributed by atoms with Crippen LogP contribution in [0.3, 0.4) is 0 Å². The van der Waals surface area contributed by atoms with Crippen molar-refractivity contribution in [3.05, 3.63) is 65.7 Å². The van der Waals surface area contributed by atoms with Crippen LogP contribution in [0.2, 0.25) is 0 Å². The molecule has 0 saturated carbocycles. The van der Waals surface area contributed by atoms with Crippen LogP contribution in [0.5, 0.6) is 17.2 Å². The molecule has 37 heavy (non-hydrogen) atoms. The number of thiocarbonyl (C=S) groups is 1. The first-order valence-corrected chi connectivity index (χ1v) is 12.2. The SMILES string of the molecule is CC[C@H](C)c1ccc2oc(-c3ccc(NC(=S)NC(=O)c4cc(OC)c(OC)c(OC)c4)cc3)nc2c1. The molecule has 0 aliphatic rings. The number of nitrogens with one attached hydrogen (secondary N) is 2. The van der Waals surface area contributed by atoms with E-state index in [1.165, 1.54) is 26.9 Å². The molecule has 1 atom stereocenters. The van der Waals surface area contributed by atoms with Crippen LogP contribution in [-0.2, 0) is 0 Å². The van der Waals surface area contributed by atoms with Gasteiger partial charge in [-0.2, -0.15) is 0 Å². The first kappa shape index (κ1) is 26.0. The van der Waals surface area contributed by atoms with E-state index in [9.17, 15) is 4.79 Å². The molecule has 0 bridgehead atoms.